The summed E-state index contributed by atoms with van der Waals surface area (Å²) in [5.41, 5.74) is 0. The van der Waals surface area contributed by atoms with Crippen molar-refractivity contribution in [3.8, 4) is 0 Å². The van der Waals surface area contributed by atoms with E-state index in [1.165, 1.54) is 30.6 Å². The first-order valence-corrected chi connectivity index (χ1v) is 8.13. The van der Waals surface area contributed by atoms with Gasteiger partial charge in [0.1, 0.15) is 0 Å². The van der Waals surface area contributed by atoms with Gasteiger partial charge in [-0.25, -0.2) is 0 Å². The molecule has 2 bridgehead atoms. The summed E-state index contributed by atoms with van der Waals surface area (Å²) in [4.78, 5) is 15.7. The van der Waals surface area contributed by atoms with Crippen LogP contribution in [0.4, 0.5) is 0 Å². The number of hydrogen-bond acceptors (Lipinski definition) is 3. The van der Waals surface area contributed by atoms with E-state index in [0.29, 0.717) is 12.0 Å². The number of thiophene rings is 1. The fourth-order valence-electron chi connectivity index (χ4n) is 3.46. The molecule has 0 spiro atoms. The van der Waals surface area contributed by atoms with Gasteiger partial charge in [-0.15, -0.1) is 11.3 Å². The van der Waals surface area contributed by atoms with Crippen molar-refractivity contribution >= 4 is 27.3 Å². The summed E-state index contributed by atoms with van der Waals surface area (Å²) in [7, 11) is 0. The number of carbonyl (C=O) groups excluding carboxylic acids is 1. The van der Waals surface area contributed by atoms with Crippen LogP contribution in [0.15, 0.2) is 30.3 Å². The van der Waals surface area contributed by atoms with E-state index >= 15 is 0 Å². The number of hydrogen-bond donors (Lipinski definition) is 1. The fourth-order valence-corrected chi connectivity index (χ4v) is 4.43. The molecule has 20 heavy (non-hydrogen) atoms. The monoisotopic (exact) mass is 286 g/mol. The van der Waals surface area contributed by atoms with Crippen molar-refractivity contribution in [1.29, 1.82) is 0 Å². The second kappa shape index (κ2) is 4.86. The van der Waals surface area contributed by atoms with Crippen LogP contribution in [0.1, 0.15) is 22.5 Å². The molecule has 1 N–H and O–H groups in total. The van der Waals surface area contributed by atoms with Crippen LogP contribution in [-0.2, 0) is 0 Å². The Labute approximate surface area is 122 Å². The first-order chi connectivity index (χ1) is 9.79. The number of amides is 1. The lowest BCUT2D eigenvalue weighted by Crippen LogP contribution is -2.57. The summed E-state index contributed by atoms with van der Waals surface area (Å²) in [6.45, 7) is 3.45. The van der Waals surface area contributed by atoms with Gasteiger partial charge in [-0.1, -0.05) is 18.2 Å². The van der Waals surface area contributed by atoms with E-state index in [2.05, 4.69) is 22.3 Å². The molecule has 3 aliphatic heterocycles. The standard InChI is InChI=1S/C16H18N2OS/c19-16(15-9-12-3-1-2-4-14(12)20-15)17-13-10-18-7-5-11(13)6-8-18/h1-4,9,11,13H,5-8,10H2,(H,17,19)/t13-/m0/s1. The molecule has 3 aliphatic rings. The summed E-state index contributed by atoms with van der Waals surface area (Å²) in [6, 6.07) is 10.5. The fraction of sp³-hybridized carbons (Fsp3) is 0.438. The molecule has 0 radical (unpaired) electrons. The molecule has 5 rings (SSSR count). The number of nitrogens with zero attached hydrogens (tertiary/aromatic N) is 1. The Kier molecular flexibility index (Phi) is 3.00. The van der Waals surface area contributed by atoms with E-state index in [9.17, 15) is 4.79 Å². The predicted molar refractivity (Wildman–Crippen MR) is 82.2 cm³/mol. The Bertz CT molecular complexity index is 610. The van der Waals surface area contributed by atoms with E-state index in [-0.39, 0.29) is 5.91 Å². The number of piperidine rings is 3. The predicted octanol–water partition coefficient (Wildman–Crippen LogP) is 2.73. The van der Waals surface area contributed by atoms with Crippen molar-refractivity contribution < 1.29 is 4.79 Å². The number of fused-ring (bicyclic) bond motifs is 4. The third-order valence-electron chi connectivity index (χ3n) is 4.62. The van der Waals surface area contributed by atoms with Crippen molar-refractivity contribution in [1.82, 2.24) is 10.2 Å². The average Bonchev–Trinajstić information content (AvgIpc) is 2.92. The quantitative estimate of drug-likeness (QED) is 0.920. The lowest BCUT2D eigenvalue weighted by Gasteiger charge is -2.44. The lowest BCUT2D eigenvalue weighted by molar-refractivity contribution is 0.0622. The zero-order valence-corrected chi connectivity index (χ0v) is 12.2. The van der Waals surface area contributed by atoms with Crippen LogP contribution < -0.4 is 5.32 Å². The van der Waals surface area contributed by atoms with Crippen LogP contribution in [0.5, 0.6) is 0 Å². The smallest absolute Gasteiger partial charge is 0.261 e. The second-order valence-corrected chi connectivity index (χ2v) is 6.95. The Morgan fingerprint density at radius 2 is 2.05 bits per heavy atom. The SMILES string of the molecule is O=C(N[C@H]1CN2CCC1CC2)c1cc2ccccc2s1. The van der Waals surface area contributed by atoms with Gasteiger partial charge in [0.05, 0.1) is 4.88 Å². The van der Waals surface area contributed by atoms with E-state index in [1.807, 2.05) is 18.2 Å². The van der Waals surface area contributed by atoms with E-state index in [0.717, 1.165) is 16.8 Å². The zero-order chi connectivity index (χ0) is 13.5. The molecular weight excluding hydrogens is 268 g/mol. The summed E-state index contributed by atoms with van der Waals surface area (Å²) >= 11 is 1.59. The first-order valence-electron chi connectivity index (χ1n) is 7.31. The molecule has 0 saturated carbocycles. The molecule has 0 aliphatic carbocycles. The maximum absolute atomic E-state index is 12.4. The highest BCUT2D eigenvalue weighted by Gasteiger charge is 2.35. The van der Waals surface area contributed by atoms with Crippen molar-refractivity contribution in [2.45, 2.75) is 18.9 Å². The Morgan fingerprint density at radius 1 is 1.25 bits per heavy atom. The number of carbonyl (C=O) groups is 1. The van der Waals surface area contributed by atoms with E-state index in [1.54, 1.807) is 11.3 Å². The summed E-state index contributed by atoms with van der Waals surface area (Å²) in [6.07, 6.45) is 2.47. The van der Waals surface area contributed by atoms with Gasteiger partial charge in [0.25, 0.3) is 5.91 Å². The van der Waals surface area contributed by atoms with Crippen LogP contribution in [-0.4, -0.2) is 36.5 Å². The molecule has 4 heterocycles. The molecule has 0 unspecified atom stereocenters. The van der Waals surface area contributed by atoms with Gasteiger partial charge < -0.3 is 10.2 Å². The highest BCUT2D eigenvalue weighted by Crippen LogP contribution is 2.29. The van der Waals surface area contributed by atoms with E-state index in [4.69, 9.17) is 0 Å². The number of rotatable bonds is 2. The third kappa shape index (κ3) is 2.13. The minimum Gasteiger partial charge on any atom is -0.347 e. The summed E-state index contributed by atoms with van der Waals surface area (Å²) in [5.74, 6) is 0.781. The van der Waals surface area contributed by atoms with Gasteiger partial charge in [0.2, 0.25) is 0 Å². The highest BCUT2D eigenvalue weighted by molar-refractivity contribution is 7.20. The maximum Gasteiger partial charge on any atom is 0.261 e. The van der Waals surface area contributed by atoms with Gasteiger partial charge >= 0.3 is 0 Å². The van der Waals surface area contributed by atoms with Crippen LogP contribution in [0.2, 0.25) is 0 Å². The van der Waals surface area contributed by atoms with Gasteiger partial charge in [0.15, 0.2) is 0 Å². The molecule has 3 fully saturated rings. The molecule has 1 aromatic heterocycles. The lowest BCUT2D eigenvalue weighted by atomic mass is 9.84. The first kappa shape index (κ1) is 12.4. The molecule has 1 aromatic carbocycles. The second-order valence-electron chi connectivity index (χ2n) is 5.87. The molecule has 1 amide bonds. The van der Waals surface area contributed by atoms with Gasteiger partial charge in [-0.05, 0) is 49.4 Å². The van der Waals surface area contributed by atoms with Crippen molar-refractivity contribution in [3.05, 3.63) is 35.2 Å². The Morgan fingerprint density at radius 3 is 2.75 bits per heavy atom. The molecule has 104 valence electrons. The van der Waals surface area contributed by atoms with Crippen molar-refractivity contribution in [2.75, 3.05) is 19.6 Å². The number of benzene rings is 1. The molecule has 3 saturated heterocycles. The summed E-state index contributed by atoms with van der Waals surface area (Å²) < 4.78 is 1.19. The van der Waals surface area contributed by atoms with Crippen LogP contribution in [0, 0.1) is 5.92 Å². The summed E-state index contributed by atoms with van der Waals surface area (Å²) in [5, 5.41) is 4.42. The minimum atomic E-state index is 0.102. The molecule has 3 nitrogen and oxygen atoms in total. The Balaban J connectivity index is 1.52. The van der Waals surface area contributed by atoms with Crippen LogP contribution >= 0.6 is 11.3 Å². The van der Waals surface area contributed by atoms with Crippen molar-refractivity contribution in [3.63, 3.8) is 0 Å². The topological polar surface area (TPSA) is 32.3 Å². The van der Waals surface area contributed by atoms with Gasteiger partial charge in [-0.3, -0.25) is 4.79 Å². The zero-order valence-electron chi connectivity index (χ0n) is 11.3. The Hall–Kier alpha value is -1.39. The molecule has 1 atom stereocenters. The molecule has 4 heteroatoms. The van der Waals surface area contributed by atoms with Gasteiger partial charge in [0, 0.05) is 17.3 Å². The minimum absolute atomic E-state index is 0.102. The average molecular weight is 286 g/mol. The third-order valence-corrected chi connectivity index (χ3v) is 5.74. The van der Waals surface area contributed by atoms with Crippen LogP contribution in [0.25, 0.3) is 10.1 Å². The number of nitrogens with one attached hydrogen (secondary N) is 1. The van der Waals surface area contributed by atoms with Crippen LogP contribution in [0.3, 0.4) is 0 Å². The highest BCUT2D eigenvalue weighted by atomic mass is 32.1. The molecule has 2 aromatic rings. The van der Waals surface area contributed by atoms with Crippen molar-refractivity contribution in [2.24, 2.45) is 5.92 Å². The van der Waals surface area contributed by atoms with Gasteiger partial charge in [-0.2, -0.15) is 0 Å². The maximum atomic E-state index is 12.4. The normalized spacial score (nSPS) is 28.7. The largest absolute Gasteiger partial charge is 0.347 e. The molecular formula is C16H18N2OS. The van der Waals surface area contributed by atoms with E-state index < -0.39 is 0 Å².